The van der Waals surface area contributed by atoms with Gasteiger partial charge in [-0.1, -0.05) is 24.5 Å². The largest absolute Gasteiger partial charge is 0.381 e. The van der Waals surface area contributed by atoms with Gasteiger partial charge in [-0.3, -0.25) is 0 Å². The van der Waals surface area contributed by atoms with Crippen LogP contribution in [0.1, 0.15) is 46.0 Å². The Morgan fingerprint density at radius 1 is 1.31 bits per heavy atom. The molecule has 2 rings (SSSR count). The average Bonchev–Trinajstić information content (AvgIpc) is 3.05. The van der Waals surface area contributed by atoms with Gasteiger partial charge in [-0.25, -0.2) is 0 Å². The van der Waals surface area contributed by atoms with Gasteiger partial charge in [0, 0.05) is 13.0 Å². The summed E-state index contributed by atoms with van der Waals surface area (Å²) in [5, 5.41) is 0. The van der Waals surface area contributed by atoms with Crippen molar-refractivity contribution in [3.63, 3.8) is 0 Å². The normalized spacial score (nSPS) is 38.2. The van der Waals surface area contributed by atoms with E-state index >= 15 is 0 Å². The van der Waals surface area contributed by atoms with Crippen molar-refractivity contribution >= 4 is 0 Å². The maximum atomic E-state index is 5.81. The zero-order valence-corrected chi connectivity index (χ0v) is 10.7. The van der Waals surface area contributed by atoms with Crippen molar-refractivity contribution in [2.75, 3.05) is 7.11 Å². The summed E-state index contributed by atoms with van der Waals surface area (Å²) in [6.45, 7) is 4.30. The second-order valence-electron chi connectivity index (χ2n) is 5.38. The summed E-state index contributed by atoms with van der Waals surface area (Å²) in [4.78, 5) is 0. The van der Waals surface area contributed by atoms with Crippen LogP contribution in [0.5, 0.6) is 0 Å². The first-order valence-corrected chi connectivity index (χ1v) is 6.54. The second kappa shape index (κ2) is 5.33. The summed E-state index contributed by atoms with van der Waals surface area (Å²) < 4.78 is 11.4. The van der Waals surface area contributed by atoms with Crippen molar-refractivity contribution in [1.82, 2.24) is 0 Å². The van der Waals surface area contributed by atoms with Gasteiger partial charge < -0.3 is 9.47 Å². The predicted molar refractivity (Wildman–Crippen MR) is 65.5 cm³/mol. The van der Waals surface area contributed by atoms with Gasteiger partial charge in [0.2, 0.25) is 0 Å². The van der Waals surface area contributed by atoms with Crippen LogP contribution in [0.2, 0.25) is 0 Å². The maximum absolute atomic E-state index is 5.81. The second-order valence-corrected chi connectivity index (χ2v) is 5.38. The molecule has 4 atom stereocenters. The lowest BCUT2D eigenvalue weighted by Crippen LogP contribution is -2.31. The molecule has 1 heterocycles. The van der Waals surface area contributed by atoms with Gasteiger partial charge in [-0.05, 0) is 33.1 Å². The molecule has 16 heavy (non-hydrogen) atoms. The molecule has 0 amide bonds. The van der Waals surface area contributed by atoms with E-state index in [0.717, 1.165) is 6.42 Å². The van der Waals surface area contributed by atoms with E-state index < -0.39 is 0 Å². The topological polar surface area (TPSA) is 21.8 Å². The van der Waals surface area contributed by atoms with Gasteiger partial charge in [-0.2, -0.15) is 0 Å². The molecule has 2 heteroatoms. The smallest absolute Gasteiger partial charge is 0.0897 e. The van der Waals surface area contributed by atoms with Crippen molar-refractivity contribution in [3.8, 4) is 0 Å². The molecule has 0 aromatic carbocycles. The lowest BCUT2D eigenvalue weighted by atomic mass is 9.83. The van der Waals surface area contributed by atoms with Crippen LogP contribution in [0.15, 0.2) is 11.6 Å². The van der Waals surface area contributed by atoms with Crippen LogP contribution in [0, 0.1) is 5.92 Å². The summed E-state index contributed by atoms with van der Waals surface area (Å²) in [7, 11) is 1.84. The number of ether oxygens (including phenoxy) is 2. The van der Waals surface area contributed by atoms with Gasteiger partial charge in [0.1, 0.15) is 0 Å². The Balaban J connectivity index is 1.82. The van der Waals surface area contributed by atoms with Crippen LogP contribution in [0.25, 0.3) is 0 Å². The van der Waals surface area contributed by atoms with E-state index in [9.17, 15) is 0 Å². The third-order valence-electron chi connectivity index (χ3n) is 3.86. The van der Waals surface area contributed by atoms with E-state index in [-0.39, 0.29) is 0 Å². The Morgan fingerprint density at radius 2 is 2.06 bits per heavy atom. The lowest BCUT2D eigenvalue weighted by Gasteiger charge is -2.29. The number of methoxy groups -OCH3 is 1. The van der Waals surface area contributed by atoms with Gasteiger partial charge >= 0.3 is 0 Å². The molecule has 0 radical (unpaired) electrons. The number of epoxide rings is 1. The van der Waals surface area contributed by atoms with E-state index in [4.69, 9.17) is 9.47 Å². The Labute approximate surface area is 99.0 Å². The first kappa shape index (κ1) is 12.1. The fourth-order valence-corrected chi connectivity index (χ4v) is 2.87. The molecule has 1 saturated carbocycles. The molecule has 1 aliphatic carbocycles. The van der Waals surface area contributed by atoms with Crippen LogP contribution < -0.4 is 0 Å². The minimum absolute atomic E-state index is 0.440. The van der Waals surface area contributed by atoms with Crippen LogP contribution in [-0.2, 0) is 9.47 Å². The quantitative estimate of drug-likeness (QED) is 0.540. The van der Waals surface area contributed by atoms with Gasteiger partial charge in [0.15, 0.2) is 0 Å². The minimum atomic E-state index is 0.440. The summed E-state index contributed by atoms with van der Waals surface area (Å²) in [5.74, 6) is 0.648. The minimum Gasteiger partial charge on any atom is -0.381 e. The fraction of sp³-hybridized carbons (Fsp3) is 0.857. The van der Waals surface area contributed by atoms with Crippen molar-refractivity contribution in [1.29, 1.82) is 0 Å². The van der Waals surface area contributed by atoms with Gasteiger partial charge in [0.05, 0.1) is 18.3 Å². The van der Waals surface area contributed by atoms with E-state index in [1.54, 1.807) is 0 Å². The molecular weight excluding hydrogens is 200 g/mol. The Kier molecular flexibility index (Phi) is 4.04. The first-order chi connectivity index (χ1) is 7.72. The molecule has 0 N–H and O–H groups in total. The van der Waals surface area contributed by atoms with E-state index in [1.807, 2.05) is 7.11 Å². The van der Waals surface area contributed by atoms with E-state index in [0.29, 0.717) is 24.2 Å². The fourth-order valence-electron chi connectivity index (χ4n) is 2.87. The zero-order valence-electron chi connectivity index (χ0n) is 10.7. The van der Waals surface area contributed by atoms with Crippen LogP contribution >= 0.6 is 0 Å². The highest BCUT2D eigenvalue weighted by molar-refractivity contribution is 5.02. The Hall–Kier alpha value is -0.340. The number of allylic oxidation sites excluding steroid dienone is 1. The number of hydrogen-bond acceptors (Lipinski definition) is 2. The highest BCUT2D eigenvalue weighted by atomic mass is 16.6. The first-order valence-electron chi connectivity index (χ1n) is 6.54. The molecule has 0 bridgehead atoms. The summed E-state index contributed by atoms with van der Waals surface area (Å²) >= 11 is 0. The van der Waals surface area contributed by atoms with E-state index in [1.165, 1.54) is 31.3 Å². The van der Waals surface area contributed by atoms with Crippen LogP contribution in [0.3, 0.4) is 0 Å². The van der Waals surface area contributed by atoms with Crippen LogP contribution in [-0.4, -0.2) is 25.4 Å². The molecule has 2 aliphatic rings. The maximum Gasteiger partial charge on any atom is 0.0897 e. The molecule has 0 spiro atoms. The average molecular weight is 224 g/mol. The predicted octanol–water partition coefficient (Wildman–Crippen LogP) is 3.32. The highest BCUT2D eigenvalue weighted by Gasteiger charge is 2.47. The zero-order chi connectivity index (χ0) is 11.5. The summed E-state index contributed by atoms with van der Waals surface area (Å²) in [5.41, 5.74) is 1.39. The Bertz CT molecular complexity index is 255. The number of rotatable bonds is 4. The van der Waals surface area contributed by atoms with Crippen molar-refractivity contribution in [2.24, 2.45) is 5.92 Å². The van der Waals surface area contributed by atoms with Crippen LogP contribution in [0.4, 0.5) is 0 Å². The molecule has 1 saturated heterocycles. The van der Waals surface area contributed by atoms with Crippen molar-refractivity contribution in [3.05, 3.63) is 11.6 Å². The van der Waals surface area contributed by atoms with Crippen molar-refractivity contribution in [2.45, 2.75) is 64.3 Å². The summed E-state index contributed by atoms with van der Waals surface area (Å²) in [6, 6.07) is 0. The third-order valence-corrected chi connectivity index (χ3v) is 3.86. The standard InChI is InChI=1S/C14H24O2/c1-10(2)8-9-13-14(16-13)11-6-4-5-7-12(11)15-3/h8,11-14H,4-7,9H2,1-3H3/t11?,12?,13-,14?/m1/s1. The molecule has 0 aromatic rings. The van der Waals surface area contributed by atoms with E-state index in [2.05, 4.69) is 19.9 Å². The Morgan fingerprint density at radius 3 is 2.75 bits per heavy atom. The molecule has 2 nitrogen and oxygen atoms in total. The third kappa shape index (κ3) is 2.86. The SMILES string of the molecule is COC1CCCCC1C1O[C@@H]1CC=C(C)C. The van der Waals surface area contributed by atoms with Crippen molar-refractivity contribution < 1.29 is 9.47 Å². The van der Waals surface area contributed by atoms with Gasteiger partial charge in [-0.15, -0.1) is 0 Å². The molecule has 1 aliphatic heterocycles. The molecule has 0 aromatic heterocycles. The van der Waals surface area contributed by atoms with Gasteiger partial charge in [0.25, 0.3) is 0 Å². The number of hydrogen-bond donors (Lipinski definition) is 0. The highest BCUT2D eigenvalue weighted by Crippen LogP contribution is 2.41. The molecule has 92 valence electrons. The molecule has 3 unspecified atom stereocenters. The molecular formula is C14H24O2. The summed E-state index contributed by atoms with van der Waals surface area (Å²) in [6.07, 6.45) is 9.92. The molecule has 2 fully saturated rings. The lowest BCUT2D eigenvalue weighted by molar-refractivity contribution is 0.0125. The monoisotopic (exact) mass is 224 g/mol.